The monoisotopic (exact) mass is 238 g/mol. The highest BCUT2D eigenvalue weighted by atomic mass is 16.5. The molecule has 0 aliphatic carbocycles. The molecule has 1 aromatic rings. The van der Waals surface area contributed by atoms with Crippen molar-refractivity contribution < 1.29 is 14.3 Å². The van der Waals surface area contributed by atoms with Crippen LogP contribution in [0.25, 0.3) is 0 Å². The SMILES string of the molecule is COC(=O)c1c(OC)c(=O)cc2n1NCC2C. The second kappa shape index (κ2) is 4.12. The molecule has 0 fully saturated rings. The third-order valence-corrected chi connectivity index (χ3v) is 2.84. The van der Waals surface area contributed by atoms with Gasteiger partial charge in [0.1, 0.15) is 0 Å². The second-order valence-electron chi connectivity index (χ2n) is 3.91. The van der Waals surface area contributed by atoms with Gasteiger partial charge in [-0.2, -0.15) is 0 Å². The summed E-state index contributed by atoms with van der Waals surface area (Å²) >= 11 is 0. The molecule has 1 aromatic heterocycles. The van der Waals surface area contributed by atoms with E-state index in [1.165, 1.54) is 20.3 Å². The number of methoxy groups -OCH3 is 2. The second-order valence-corrected chi connectivity index (χ2v) is 3.91. The van der Waals surface area contributed by atoms with Gasteiger partial charge in [-0.3, -0.25) is 9.47 Å². The van der Waals surface area contributed by atoms with Gasteiger partial charge in [-0.25, -0.2) is 4.79 Å². The Labute approximate surface area is 98.1 Å². The Morgan fingerprint density at radius 2 is 2.24 bits per heavy atom. The normalized spacial score (nSPS) is 17.2. The van der Waals surface area contributed by atoms with E-state index in [1.807, 2.05) is 6.92 Å². The molecular formula is C11H14N2O4. The maximum atomic E-state index is 11.8. The minimum absolute atomic E-state index is 0.00204. The molecule has 1 aliphatic heterocycles. The van der Waals surface area contributed by atoms with Crippen LogP contribution in [-0.4, -0.2) is 31.4 Å². The summed E-state index contributed by atoms with van der Waals surface area (Å²) in [5, 5.41) is 0. The predicted molar refractivity (Wildman–Crippen MR) is 61.2 cm³/mol. The number of fused-ring (bicyclic) bond motifs is 1. The number of esters is 1. The average molecular weight is 238 g/mol. The first-order valence-corrected chi connectivity index (χ1v) is 5.26. The van der Waals surface area contributed by atoms with Crippen LogP contribution in [0.15, 0.2) is 10.9 Å². The Bertz CT molecular complexity index is 521. The first-order valence-electron chi connectivity index (χ1n) is 5.26. The molecule has 1 N–H and O–H groups in total. The summed E-state index contributed by atoms with van der Waals surface area (Å²) in [4.78, 5) is 23.5. The molecule has 92 valence electrons. The molecule has 17 heavy (non-hydrogen) atoms. The van der Waals surface area contributed by atoms with Crippen LogP contribution in [-0.2, 0) is 4.74 Å². The molecule has 1 unspecified atom stereocenters. The highest BCUT2D eigenvalue weighted by Crippen LogP contribution is 2.24. The van der Waals surface area contributed by atoms with Crippen LogP contribution in [0.4, 0.5) is 0 Å². The standard InChI is InChI=1S/C11H14N2O4/c1-6-5-12-13-7(6)4-8(14)10(16-2)9(13)11(15)17-3/h4,6,12H,5H2,1-3H3. The van der Waals surface area contributed by atoms with Crippen LogP contribution in [0, 0.1) is 0 Å². The van der Waals surface area contributed by atoms with E-state index in [0.29, 0.717) is 6.54 Å². The van der Waals surface area contributed by atoms with Gasteiger partial charge in [-0.15, -0.1) is 0 Å². The molecule has 1 atom stereocenters. The minimum atomic E-state index is -0.595. The van der Waals surface area contributed by atoms with E-state index in [0.717, 1.165) is 5.69 Å². The lowest BCUT2D eigenvalue weighted by molar-refractivity contribution is 0.0584. The van der Waals surface area contributed by atoms with E-state index < -0.39 is 5.97 Å². The molecule has 0 spiro atoms. The zero-order valence-electron chi connectivity index (χ0n) is 9.94. The summed E-state index contributed by atoms with van der Waals surface area (Å²) in [6, 6.07) is 1.48. The minimum Gasteiger partial charge on any atom is -0.490 e. The average Bonchev–Trinajstić information content (AvgIpc) is 2.68. The molecule has 0 saturated carbocycles. The lowest BCUT2D eigenvalue weighted by atomic mass is 10.1. The van der Waals surface area contributed by atoms with E-state index in [4.69, 9.17) is 4.74 Å². The van der Waals surface area contributed by atoms with Crippen molar-refractivity contribution in [3.63, 3.8) is 0 Å². The first kappa shape index (κ1) is 11.5. The zero-order valence-corrected chi connectivity index (χ0v) is 9.94. The number of carbonyl (C=O) groups excluding carboxylic acids is 1. The van der Waals surface area contributed by atoms with Crippen LogP contribution >= 0.6 is 0 Å². The fraction of sp³-hybridized carbons (Fsp3) is 0.455. The van der Waals surface area contributed by atoms with E-state index in [-0.39, 0.29) is 22.8 Å². The van der Waals surface area contributed by atoms with Crippen molar-refractivity contribution in [1.29, 1.82) is 0 Å². The molecule has 2 rings (SSSR count). The number of rotatable bonds is 2. The van der Waals surface area contributed by atoms with Crippen LogP contribution in [0.1, 0.15) is 29.0 Å². The quantitative estimate of drug-likeness (QED) is 0.751. The summed E-state index contributed by atoms with van der Waals surface area (Å²) in [6.07, 6.45) is 0. The van der Waals surface area contributed by atoms with Crippen molar-refractivity contribution in [1.82, 2.24) is 4.68 Å². The molecule has 6 nitrogen and oxygen atoms in total. The number of aromatic nitrogens is 1. The van der Waals surface area contributed by atoms with Crippen molar-refractivity contribution in [3.8, 4) is 5.75 Å². The smallest absolute Gasteiger partial charge is 0.360 e. The van der Waals surface area contributed by atoms with Crippen molar-refractivity contribution >= 4 is 5.97 Å². The Hall–Kier alpha value is -1.98. The number of nitrogens with zero attached hydrogens (tertiary/aromatic N) is 1. The van der Waals surface area contributed by atoms with Gasteiger partial charge in [-0.05, 0) is 0 Å². The van der Waals surface area contributed by atoms with Gasteiger partial charge in [0, 0.05) is 24.2 Å². The predicted octanol–water partition coefficient (Wildman–Crippen LogP) is 0.304. The molecule has 0 saturated heterocycles. The highest BCUT2D eigenvalue weighted by Gasteiger charge is 2.28. The first-order chi connectivity index (χ1) is 8.10. The maximum Gasteiger partial charge on any atom is 0.360 e. The maximum absolute atomic E-state index is 11.8. The Balaban J connectivity index is 2.73. The summed E-state index contributed by atoms with van der Waals surface area (Å²) < 4.78 is 11.2. The topological polar surface area (TPSA) is 69.6 Å². The van der Waals surface area contributed by atoms with Crippen molar-refractivity contribution in [2.24, 2.45) is 0 Å². The summed E-state index contributed by atoms with van der Waals surface area (Å²) in [5.41, 5.74) is 3.60. The van der Waals surface area contributed by atoms with Gasteiger partial charge in [0.05, 0.1) is 14.2 Å². The third kappa shape index (κ3) is 1.65. The number of nitrogens with one attached hydrogen (secondary N) is 1. The summed E-state index contributed by atoms with van der Waals surface area (Å²) in [5.74, 6) is -0.429. The molecular weight excluding hydrogens is 224 g/mol. The largest absolute Gasteiger partial charge is 0.490 e. The summed E-state index contributed by atoms with van der Waals surface area (Å²) in [6.45, 7) is 2.63. The van der Waals surface area contributed by atoms with Crippen molar-refractivity contribution in [2.75, 3.05) is 26.2 Å². The van der Waals surface area contributed by atoms with Crippen LogP contribution in [0.2, 0.25) is 0 Å². The number of pyridine rings is 1. The Morgan fingerprint density at radius 3 is 2.82 bits per heavy atom. The fourth-order valence-corrected chi connectivity index (χ4v) is 1.96. The zero-order chi connectivity index (χ0) is 12.6. The lowest BCUT2D eigenvalue weighted by Gasteiger charge is -2.14. The van der Waals surface area contributed by atoms with E-state index in [2.05, 4.69) is 10.2 Å². The third-order valence-electron chi connectivity index (χ3n) is 2.84. The molecule has 0 bridgehead atoms. The van der Waals surface area contributed by atoms with Gasteiger partial charge >= 0.3 is 5.97 Å². The fourth-order valence-electron chi connectivity index (χ4n) is 1.96. The number of hydrogen-bond donors (Lipinski definition) is 1. The van der Waals surface area contributed by atoms with E-state index >= 15 is 0 Å². The molecule has 2 heterocycles. The summed E-state index contributed by atoms with van der Waals surface area (Å²) in [7, 11) is 2.62. The Morgan fingerprint density at radius 1 is 1.53 bits per heavy atom. The number of hydrogen-bond acceptors (Lipinski definition) is 5. The van der Waals surface area contributed by atoms with Crippen LogP contribution in [0.5, 0.6) is 5.75 Å². The van der Waals surface area contributed by atoms with Gasteiger partial charge < -0.3 is 14.9 Å². The van der Waals surface area contributed by atoms with E-state index in [9.17, 15) is 9.59 Å². The van der Waals surface area contributed by atoms with Gasteiger partial charge in [-0.1, -0.05) is 6.92 Å². The van der Waals surface area contributed by atoms with Gasteiger partial charge in [0.25, 0.3) is 0 Å². The van der Waals surface area contributed by atoms with Crippen molar-refractivity contribution in [2.45, 2.75) is 12.8 Å². The van der Waals surface area contributed by atoms with Gasteiger partial charge in [0.2, 0.25) is 5.43 Å². The lowest BCUT2D eigenvalue weighted by Crippen LogP contribution is -2.24. The number of carbonyl (C=O) groups is 1. The van der Waals surface area contributed by atoms with E-state index in [1.54, 1.807) is 4.68 Å². The van der Waals surface area contributed by atoms with Crippen molar-refractivity contribution in [3.05, 3.63) is 27.7 Å². The highest BCUT2D eigenvalue weighted by molar-refractivity contribution is 5.91. The Kier molecular flexibility index (Phi) is 2.79. The van der Waals surface area contributed by atoms with Crippen LogP contribution < -0.4 is 15.6 Å². The molecule has 1 aliphatic rings. The molecule has 0 radical (unpaired) electrons. The molecule has 0 aromatic carbocycles. The number of ether oxygens (including phenoxy) is 2. The van der Waals surface area contributed by atoms with Gasteiger partial charge in [0.15, 0.2) is 11.4 Å². The molecule has 6 heteroatoms. The van der Waals surface area contributed by atoms with Crippen LogP contribution in [0.3, 0.4) is 0 Å². The molecule has 0 amide bonds.